The maximum Gasteiger partial charge on any atom is 0.275 e. The first kappa shape index (κ1) is 16.4. The largest absolute Gasteiger partial charge is 0.346 e. The Hall–Kier alpha value is -3.12. The Labute approximate surface area is 151 Å². The van der Waals surface area contributed by atoms with E-state index in [9.17, 15) is 4.79 Å². The lowest BCUT2D eigenvalue weighted by atomic mass is 10.2. The van der Waals surface area contributed by atoms with Crippen LogP contribution in [0.25, 0.3) is 16.6 Å². The number of hydrogen-bond acceptors (Lipinski definition) is 3. The summed E-state index contributed by atoms with van der Waals surface area (Å²) >= 11 is 0. The molecule has 1 N–H and O–H groups in total. The summed E-state index contributed by atoms with van der Waals surface area (Å²) in [6, 6.07) is 13.7. The van der Waals surface area contributed by atoms with Crippen molar-refractivity contribution in [3.05, 3.63) is 66.7 Å². The van der Waals surface area contributed by atoms with Gasteiger partial charge in [0, 0.05) is 37.4 Å². The first-order chi connectivity index (χ1) is 12.6. The Morgan fingerprint density at radius 3 is 2.85 bits per heavy atom. The minimum absolute atomic E-state index is 0.209. The van der Waals surface area contributed by atoms with Crippen molar-refractivity contribution in [2.45, 2.75) is 6.54 Å². The SMILES string of the molecule is CN(C)CCn1ccc2ccc(NC(=O)c3cn4ccccc4n3)cc21. The van der Waals surface area contributed by atoms with Crippen molar-refractivity contribution in [2.75, 3.05) is 26.0 Å². The lowest BCUT2D eigenvalue weighted by Gasteiger charge is -2.12. The number of nitrogens with zero attached hydrogens (tertiary/aromatic N) is 4. The van der Waals surface area contributed by atoms with Crippen molar-refractivity contribution in [1.29, 1.82) is 0 Å². The molecule has 4 rings (SSSR count). The molecule has 0 aliphatic rings. The van der Waals surface area contributed by atoms with Gasteiger partial charge in [0.1, 0.15) is 11.3 Å². The fourth-order valence-electron chi connectivity index (χ4n) is 3.00. The van der Waals surface area contributed by atoms with Gasteiger partial charge in [0.05, 0.1) is 5.52 Å². The highest BCUT2D eigenvalue weighted by atomic mass is 16.1. The van der Waals surface area contributed by atoms with Crippen LogP contribution in [-0.2, 0) is 6.54 Å². The predicted octanol–water partition coefficient (Wildman–Crippen LogP) is 3.10. The summed E-state index contributed by atoms with van der Waals surface area (Å²) in [5.74, 6) is -0.209. The van der Waals surface area contributed by atoms with Gasteiger partial charge in [0.2, 0.25) is 0 Å². The molecule has 3 aromatic heterocycles. The third-order valence-corrected chi connectivity index (χ3v) is 4.42. The van der Waals surface area contributed by atoms with Gasteiger partial charge in [-0.15, -0.1) is 0 Å². The number of imidazole rings is 1. The molecule has 0 radical (unpaired) electrons. The number of anilines is 1. The van der Waals surface area contributed by atoms with Crippen LogP contribution >= 0.6 is 0 Å². The fourth-order valence-corrected chi connectivity index (χ4v) is 3.00. The average Bonchev–Trinajstić information content (AvgIpc) is 3.23. The number of likely N-dealkylation sites (N-methyl/N-ethyl adjacent to an activating group) is 1. The van der Waals surface area contributed by atoms with Gasteiger partial charge >= 0.3 is 0 Å². The highest BCUT2D eigenvalue weighted by Crippen LogP contribution is 2.21. The number of rotatable bonds is 5. The standard InChI is InChI=1S/C20H21N5O/c1-23(2)11-12-24-10-8-15-6-7-16(13-18(15)24)21-20(26)17-14-25-9-4-3-5-19(25)22-17/h3-10,13-14H,11-12H2,1-2H3,(H,21,26). The first-order valence-electron chi connectivity index (χ1n) is 8.59. The number of carbonyl (C=O) groups excluding carboxylic acids is 1. The summed E-state index contributed by atoms with van der Waals surface area (Å²) in [6.45, 7) is 1.86. The summed E-state index contributed by atoms with van der Waals surface area (Å²) in [7, 11) is 4.12. The van der Waals surface area contributed by atoms with Crippen molar-refractivity contribution >= 4 is 28.1 Å². The Balaban J connectivity index is 1.58. The lowest BCUT2D eigenvalue weighted by Crippen LogP contribution is -2.18. The van der Waals surface area contributed by atoms with Gasteiger partial charge in [-0.2, -0.15) is 0 Å². The van der Waals surface area contributed by atoms with E-state index in [4.69, 9.17) is 0 Å². The van der Waals surface area contributed by atoms with E-state index in [2.05, 4.69) is 46.1 Å². The molecule has 0 aliphatic heterocycles. The molecule has 3 heterocycles. The molecule has 1 amide bonds. The summed E-state index contributed by atoms with van der Waals surface area (Å²) in [5.41, 5.74) is 3.04. The maximum absolute atomic E-state index is 12.6. The highest BCUT2D eigenvalue weighted by molar-refractivity contribution is 6.04. The Kier molecular flexibility index (Phi) is 4.18. The molecule has 26 heavy (non-hydrogen) atoms. The van der Waals surface area contributed by atoms with Gasteiger partial charge in [-0.3, -0.25) is 4.79 Å². The van der Waals surface area contributed by atoms with Crippen molar-refractivity contribution in [3.63, 3.8) is 0 Å². The Morgan fingerprint density at radius 1 is 1.15 bits per heavy atom. The van der Waals surface area contributed by atoms with Gasteiger partial charge in [-0.05, 0) is 49.8 Å². The number of nitrogens with one attached hydrogen (secondary N) is 1. The Morgan fingerprint density at radius 2 is 2.04 bits per heavy atom. The van der Waals surface area contributed by atoms with E-state index in [1.54, 1.807) is 6.20 Å². The third-order valence-electron chi connectivity index (χ3n) is 4.42. The van der Waals surface area contributed by atoms with Crippen molar-refractivity contribution in [3.8, 4) is 0 Å². The average molecular weight is 347 g/mol. The number of benzene rings is 1. The number of aromatic nitrogens is 3. The van der Waals surface area contributed by atoms with Gasteiger partial charge in [-0.25, -0.2) is 4.98 Å². The first-order valence-corrected chi connectivity index (χ1v) is 8.59. The third kappa shape index (κ3) is 3.19. The van der Waals surface area contributed by atoms with Crippen molar-refractivity contribution < 1.29 is 4.79 Å². The summed E-state index contributed by atoms with van der Waals surface area (Å²) in [4.78, 5) is 19.1. The topological polar surface area (TPSA) is 54.6 Å². The molecule has 0 unspecified atom stereocenters. The molecule has 0 aliphatic carbocycles. The molecule has 132 valence electrons. The molecule has 1 aromatic carbocycles. The summed E-state index contributed by atoms with van der Waals surface area (Å²) < 4.78 is 4.04. The summed E-state index contributed by atoms with van der Waals surface area (Å²) in [5, 5.41) is 4.12. The monoisotopic (exact) mass is 347 g/mol. The van der Waals surface area contributed by atoms with E-state index < -0.39 is 0 Å². The van der Waals surface area contributed by atoms with E-state index >= 15 is 0 Å². The van der Waals surface area contributed by atoms with E-state index in [0.29, 0.717) is 5.69 Å². The number of hydrogen-bond donors (Lipinski definition) is 1. The van der Waals surface area contributed by atoms with Crippen LogP contribution < -0.4 is 5.32 Å². The van der Waals surface area contributed by atoms with Crippen molar-refractivity contribution in [1.82, 2.24) is 18.9 Å². The second-order valence-electron chi connectivity index (χ2n) is 6.63. The quantitative estimate of drug-likeness (QED) is 0.603. The molecule has 0 fully saturated rings. The predicted molar refractivity (Wildman–Crippen MR) is 104 cm³/mol. The zero-order valence-electron chi connectivity index (χ0n) is 14.9. The zero-order valence-corrected chi connectivity index (χ0v) is 14.9. The van der Waals surface area contributed by atoms with Crippen molar-refractivity contribution in [2.24, 2.45) is 0 Å². The molecule has 0 atom stereocenters. The van der Waals surface area contributed by atoms with E-state index in [1.165, 1.54) is 0 Å². The van der Waals surface area contributed by atoms with Crippen LogP contribution in [-0.4, -0.2) is 45.4 Å². The molecular weight excluding hydrogens is 326 g/mol. The number of fused-ring (bicyclic) bond motifs is 2. The molecule has 4 aromatic rings. The molecule has 6 heteroatoms. The minimum atomic E-state index is -0.209. The molecule has 0 spiro atoms. The van der Waals surface area contributed by atoms with Gasteiger partial charge in [0.25, 0.3) is 5.91 Å². The van der Waals surface area contributed by atoms with Gasteiger partial charge in [0.15, 0.2) is 0 Å². The lowest BCUT2D eigenvalue weighted by molar-refractivity contribution is 0.102. The molecule has 6 nitrogen and oxygen atoms in total. The maximum atomic E-state index is 12.6. The van der Waals surface area contributed by atoms with Crippen LogP contribution in [0, 0.1) is 0 Å². The Bertz CT molecular complexity index is 1040. The van der Waals surface area contributed by atoms with Crippen LogP contribution in [0.4, 0.5) is 5.69 Å². The second-order valence-corrected chi connectivity index (χ2v) is 6.63. The zero-order chi connectivity index (χ0) is 18.1. The number of carbonyl (C=O) groups is 1. The van der Waals surface area contributed by atoms with Crippen LogP contribution in [0.2, 0.25) is 0 Å². The second kappa shape index (κ2) is 6.65. The van der Waals surface area contributed by atoms with Crippen LogP contribution in [0.3, 0.4) is 0 Å². The van der Waals surface area contributed by atoms with Crippen LogP contribution in [0.1, 0.15) is 10.5 Å². The molecule has 0 saturated carbocycles. The van der Waals surface area contributed by atoms with E-state index in [-0.39, 0.29) is 5.91 Å². The fraction of sp³-hybridized carbons (Fsp3) is 0.200. The van der Waals surface area contributed by atoms with E-state index in [0.717, 1.165) is 35.3 Å². The smallest absolute Gasteiger partial charge is 0.275 e. The van der Waals surface area contributed by atoms with Crippen LogP contribution in [0.5, 0.6) is 0 Å². The van der Waals surface area contributed by atoms with Gasteiger partial charge < -0.3 is 19.2 Å². The molecule has 0 saturated heterocycles. The van der Waals surface area contributed by atoms with Crippen LogP contribution in [0.15, 0.2) is 61.1 Å². The highest BCUT2D eigenvalue weighted by Gasteiger charge is 2.12. The van der Waals surface area contributed by atoms with Gasteiger partial charge in [-0.1, -0.05) is 12.1 Å². The molecular formula is C20H21N5O. The summed E-state index contributed by atoms with van der Waals surface area (Å²) in [6.07, 6.45) is 5.70. The minimum Gasteiger partial charge on any atom is -0.346 e. The molecule has 0 bridgehead atoms. The van der Waals surface area contributed by atoms with E-state index in [1.807, 2.05) is 47.0 Å². The normalized spacial score (nSPS) is 11.5. The number of pyridine rings is 1. The number of amides is 1.